The van der Waals surface area contributed by atoms with Crippen molar-refractivity contribution in [2.45, 2.75) is 39.8 Å². The summed E-state index contributed by atoms with van der Waals surface area (Å²) in [6, 6.07) is 4.14. The maximum atomic E-state index is 5.46. The summed E-state index contributed by atoms with van der Waals surface area (Å²) in [4.78, 5) is 13.8. The topological polar surface area (TPSA) is 53.0 Å². The molecule has 138 valence electrons. The Bertz CT molecular complexity index is 634. The minimum atomic E-state index is 0.0941. The van der Waals surface area contributed by atoms with Crippen LogP contribution in [0.5, 0.6) is 0 Å². The average Bonchev–Trinajstić information content (AvgIpc) is 2.62. The molecule has 0 amide bonds. The van der Waals surface area contributed by atoms with Crippen molar-refractivity contribution in [3.05, 3.63) is 23.9 Å². The summed E-state index contributed by atoms with van der Waals surface area (Å²) >= 11 is 0. The molecule has 2 fully saturated rings. The van der Waals surface area contributed by atoms with Gasteiger partial charge in [0.05, 0.1) is 13.2 Å². The van der Waals surface area contributed by atoms with Crippen molar-refractivity contribution < 1.29 is 4.74 Å². The highest BCUT2D eigenvalue weighted by atomic mass is 16.5. The minimum Gasteiger partial charge on any atom is -0.378 e. The van der Waals surface area contributed by atoms with Gasteiger partial charge >= 0.3 is 0 Å². The van der Waals surface area contributed by atoms with Crippen LogP contribution in [0.25, 0.3) is 0 Å². The quantitative estimate of drug-likeness (QED) is 0.672. The van der Waals surface area contributed by atoms with Gasteiger partial charge in [-0.25, -0.2) is 4.98 Å². The van der Waals surface area contributed by atoms with Crippen LogP contribution in [0.15, 0.2) is 23.3 Å². The van der Waals surface area contributed by atoms with E-state index in [1.165, 1.54) is 5.56 Å². The Morgan fingerprint density at radius 3 is 2.60 bits per heavy atom. The molecule has 25 heavy (non-hydrogen) atoms. The van der Waals surface area contributed by atoms with Crippen LogP contribution in [0, 0.1) is 5.41 Å². The Morgan fingerprint density at radius 2 is 2.00 bits per heavy atom. The van der Waals surface area contributed by atoms with E-state index in [1.54, 1.807) is 0 Å². The van der Waals surface area contributed by atoms with Gasteiger partial charge in [0.1, 0.15) is 5.82 Å². The van der Waals surface area contributed by atoms with E-state index >= 15 is 0 Å². The summed E-state index contributed by atoms with van der Waals surface area (Å²) in [6.45, 7) is 14.3. The van der Waals surface area contributed by atoms with Crippen molar-refractivity contribution in [3.63, 3.8) is 0 Å². The lowest BCUT2D eigenvalue weighted by atomic mass is 9.65. The Morgan fingerprint density at radius 1 is 1.28 bits per heavy atom. The lowest BCUT2D eigenvalue weighted by Gasteiger charge is -2.62. The van der Waals surface area contributed by atoms with Crippen LogP contribution in [-0.2, 0) is 11.3 Å². The second-order valence-corrected chi connectivity index (χ2v) is 8.02. The number of pyridine rings is 1. The van der Waals surface area contributed by atoms with E-state index in [0.717, 1.165) is 51.2 Å². The normalized spacial score (nSPS) is 22.5. The number of ether oxygens (including phenoxy) is 1. The Hall–Kier alpha value is -1.82. The summed E-state index contributed by atoms with van der Waals surface area (Å²) in [5.41, 5.74) is 1.58. The van der Waals surface area contributed by atoms with Gasteiger partial charge in [-0.3, -0.25) is 4.99 Å². The van der Waals surface area contributed by atoms with Crippen LogP contribution in [0.3, 0.4) is 0 Å². The smallest absolute Gasteiger partial charge is 0.194 e. The van der Waals surface area contributed by atoms with Crippen LogP contribution in [0.1, 0.15) is 33.3 Å². The number of hydrogen-bond acceptors (Lipinski definition) is 4. The highest BCUT2D eigenvalue weighted by Gasteiger charge is 2.53. The third-order valence-electron chi connectivity index (χ3n) is 5.97. The molecule has 0 saturated carbocycles. The Labute approximate surface area is 151 Å². The van der Waals surface area contributed by atoms with Crippen molar-refractivity contribution in [2.75, 3.05) is 44.8 Å². The predicted octanol–water partition coefficient (Wildman–Crippen LogP) is 2.11. The molecular formula is C19H31N5O. The van der Waals surface area contributed by atoms with Gasteiger partial charge in [-0.2, -0.15) is 0 Å². The second kappa shape index (κ2) is 6.83. The molecule has 6 nitrogen and oxygen atoms in total. The largest absolute Gasteiger partial charge is 0.378 e. The monoisotopic (exact) mass is 345 g/mol. The molecule has 0 atom stereocenters. The lowest BCUT2D eigenvalue weighted by Crippen LogP contribution is -2.72. The number of aromatic nitrogens is 1. The number of nitrogens with zero attached hydrogens (tertiary/aromatic N) is 4. The SMILES string of the molecule is CN=C(NCc1cccnc1N1CCOCC1)N1CC(C)(C)C1(C)C. The van der Waals surface area contributed by atoms with Crippen molar-refractivity contribution in [1.29, 1.82) is 0 Å². The van der Waals surface area contributed by atoms with Gasteiger partial charge in [0.2, 0.25) is 0 Å². The molecule has 6 heteroatoms. The molecule has 1 N–H and O–H groups in total. The maximum Gasteiger partial charge on any atom is 0.194 e. The van der Waals surface area contributed by atoms with Crippen molar-refractivity contribution in [1.82, 2.24) is 15.2 Å². The highest BCUT2D eigenvalue weighted by molar-refractivity contribution is 5.82. The molecule has 0 radical (unpaired) electrons. The molecule has 1 aromatic rings. The van der Waals surface area contributed by atoms with E-state index in [9.17, 15) is 0 Å². The molecule has 2 saturated heterocycles. The number of guanidine groups is 1. The number of nitrogens with one attached hydrogen (secondary N) is 1. The fraction of sp³-hybridized carbons (Fsp3) is 0.684. The molecular weight excluding hydrogens is 314 g/mol. The fourth-order valence-electron chi connectivity index (χ4n) is 3.50. The van der Waals surface area contributed by atoms with Gasteiger partial charge in [0.25, 0.3) is 0 Å². The molecule has 3 heterocycles. The summed E-state index contributed by atoms with van der Waals surface area (Å²) in [7, 11) is 1.86. The Kier molecular flexibility index (Phi) is 4.91. The van der Waals surface area contributed by atoms with Gasteiger partial charge in [-0.15, -0.1) is 0 Å². The van der Waals surface area contributed by atoms with E-state index in [2.05, 4.69) is 58.9 Å². The van der Waals surface area contributed by atoms with E-state index in [-0.39, 0.29) is 11.0 Å². The van der Waals surface area contributed by atoms with E-state index in [0.29, 0.717) is 0 Å². The maximum absolute atomic E-state index is 5.46. The molecule has 1 aromatic heterocycles. The number of hydrogen-bond donors (Lipinski definition) is 1. The van der Waals surface area contributed by atoms with Crippen LogP contribution >= 0.6 is 0 Å². The summed E-state index contributed by atoms with van der Waals surface area (Å²) in [6.07, 6.45) is 1.87. The standard InChI is InChI=1S/C19H31N5O/c1-18(2)14-24(19(18,3)4)17(20-5)22-13-15-7-6-8-21-16(15)23-9-11-25-12-10-23/h6-8H,9-14H2,1-5H3,(H,20,22). The zero-order valence-corrected chi connectivity index (χ0v) is 16.2. The summed E-state index contributed by atoms with van der Waals surface area (Å²) in [5.74, 6) is 2.01. The number of morpholine rings is 1. The van der Waals surface area contributed by atoms with Gasteiger partial charge < -0.3 is 19.9 Å². The van der Waals surface area contributed by atoms with Crippen LogP contribution in [-0.4, -0.2) is 61.3 Å². The van der Waals surface area contributed by atoms with Crippen molar-refractivity contribution in [3.8, 4) is 0 Å². The van der Waals surface area contributed by atoms with E-state index in [4.69, 9.17) is 4.74 Å². The first-order chi connectivity index (χ1) is 11.9. The van der Waals surface area contributed by atoms with Crippen molar-refractivity contribution >= 4 is 11.8 Å². The molecule has 0 bridgehead atoms. The van der Waals surface area contributed by atoms with Gasteiger partial charge in [0.15, 0.2) is 5.96 Å². The summed E-state index contributed by atoms with van der Waals surface area (Å²) < 4.78 is 5.46. The number of rotatable bonds is 3. The highest BCUT2D eigenvalue weighted by Crippen LogP contribution is 2.46. The number of likely N-dealkylation sites (tertiary alicyclic amines) is 1. The lowest BCUT2D eigenvalue weighted by molar-refractivity contribution is -0.0667. The first-order valence-electron chi connectivity index (χ1n) is 9.12. The fourth-order valence-corrected chi connectivity index (χ4v) is 3.50. The molecule has 3 rings (SSSR count). The first kappa shape index (κ1) is 18.0. The molecule has 0 aliphatic carbocycles. The third-order valence-corrected chi connectivity index (χ3v) is 5.97. The van der Waals surface area contributed by atoms with Gasteiger partial charge in [0, 0.05) is 55.9 Å². The zero-order chi connectivity index (χ0) is 18.1. The summed E-state index contributed by atoms with van der Waals surface area (Å²) in [5, 5.41) is 3.54. The van der Waals surface area contributed by atoms with Crippen LogP contribution in [0.2, 0.25) is 0 Å². The zero-order valence-electron chi connectivity index (χ0n) is 16.2. The van der Waals surface area contributed by atoms with Crippen molar-refractivity contribution in [2.24, 2.45) is 10.4 Å². The second-order valence-electron chi connectivity index (χ2n) is 8.02. The average molecular weight is 345 g/mol. The molecule has 0 aromatic carbocycles. The van der Waals surface area contributed by atoms with E-state index < -0.39 is 0 Å². The van der Waals surface area contributed by atoms with Gasteiger partial charge in [-0.05, 0) is 19.9 Å². The number of aliphatic imine (C=N–C) groups is 1. The number of anilines is 1. The molecule has 0 spiro atoms. The van der Waals surface area contributed by atoms with Crippen LogP contribution in [0.4, 0.5) is 5.82 Å². The predicted molar refractivity (Wildman–Crippen MR) is 102 cm³/mol. The first-order valence-corrected chi connectivity index (χ1v) is 9.12. The molecule has 2 aliphatic heterocycles. The Balaban J connectivity index is 1.69. The molecule has 2 aliphatic rings. The molecule has 0 unspecified atom stereocenters. The minimum absolute atomic E-state index is 0.0941. The van der Waals surface area contributed by atoms with Crippen LogP contribution < -0.4 is 10.2 Å². The third kappa shape index (κ3) is 3.32. The van der Waals surface area contributed by atoms with Gasteiger partial charge in [-0.1, -0.05) is 19.9 Å². The van der Waals surface area contributed by atoms with E-state index in [1.807, 2.05) is 19.3 Å².